The Balaban J connectivity index is 2.01. The van der Waals surface area contributed by atoms with Crippen LogP contribution in [0.15, 0.2) is 146 Å². The topological polar surface area (TPSA) is 0 Å². The molecule has 44 heavy (non-hydrogen) atoms. The van der Waals surface area contributed by atoms with E-state index >= 15 is 0 Å². The molecule has 0 amide bonds. The molecule has 0 saturated heterocycles. The van der Waals surface area contributed by atoms with Crippen molar-refractivity contribution in [2.45, 2.75) is 41.5 Å². The molecule has 0 atom stereocenters. The number of hydrogen-bond acceptors (Lipinski definition) is 0. The molecule has 0 aromatic heterocycles. The fraction of sp³-hybridized carbons (Fsp3) is 0.143. The van der Waals surface area contributed by atoms with Gasteiger partial charge in [0.05, 0.1) is 0 Å². The second-order valence-electron chi connectivity index (χ2n) is 12.5. The molecule has 0 aliphatic rings. The molecule has 0 saturated carbocycles. The maximum atomic E-state index is 2.47. The molecule has 0 radical (unpaired) electrons. The zero-order valence-electron chi connectivity index (χ0n) is 26.9. The first-order chi connectivity index (χ1) is 21.3. The van der Waals surface area contributed by atoms with E-state index in [4.69, 9.17) is 0 Å². The first-order valence-corrected chi connectivity index (χ1v) is 20.7. The Morgan fingerprint density at radius 3 is 0.773 bits per heavy atom. The van der Waals surface area contributed by atoms with Crippen LogP contribution in [0.25, 0.3) is 0 Å². The number of hydrogen-bond donors (Lipinski definition) is 0. The van der Waals surface area contributed by atoms with Gasteiger partial charge in [0, 0.05) is 0 Å². The minimum absolute atomic E-state index is 1.29. The van der Waals surface area contributed by atoms with Gasteiger partial charge in [-0.3, -0.25) is 0 Å². The Bertz CT molecular complexity index is 1680. The van der Waals surface area contributed by atoms with Gasteiger partial charge < -0.3 is 0 Å². The molecule has 0 spiro atoms. The van der Waals surface area contributed by atoms with Crippen LogP contribution in [-0.2, 0) is 0 Å². The van der Waals surface area contributed by atoms with Crippen molar-refractivity contribution in [1.29, 1.82) is 0 Å². The van der Waals surface area contributed by atoms with Gasteiger partial charge >= 0.3 is 266 Å². The molecule has 0 aliphatic heterocycles. The summed E-state index contributed by atoms with van der Waals surface area (Å²) in [5.41, 5.74) is 7.98. The van der Waals surface area contributed by atoms with E-state index < -0.39 is 13.9 Å². The summed E-state index contributed by atoms with van der Waals surface area (Å²) in [6.07, 6.45) is 0. The molecule has 6 aromatic rings. The Morgan fingerprint density at radius 2 is 0.523 bits per heavy atom. The third-order valence-electron chi connectivity index (χ3n) is 9.66. The van der Waals surface area contributed by atoms with Gasteiger partial charge in [-0.15, -0.1) is 0 Å². The first-order valence-electron chi connectivity index (χ1n) is 15.7. The third kappa shape index (κ3) is 4.86. The fourth-order valence-corrected chi connectivity index (χ4v) is 28.6. The number of benzene rings is 6. The monoisotopic (exact) mass is 610 g/mol. The van der Waals surface area contributed by atoms with Crippen molar-refractivity contribution in [2.24, 2.45) is 0 Å². The van der Waals surface area contributed by atoms with Gasteiger partial charge in [-0.05, 0) is 0 Å². The van der Waals surface area contributed by atoms with Crippen LogP contribution in [0.5, 0.6) is 0 Å². The van der Waals surface area contributed by atoms with Crippen LogP contribution in [0.2, 0.25) is 0 Å². The van der Waals surface area contributed by atoms with E-state index in [2.05, 4.69) is 187 Å². The summed E-state index contributed by atoms with van der Waals surface area (Å²) in [7, 11) is 0. The molecule has 6 rings (SSSR count). The maximum absolute atomic E-state index is 2.97. The summed E-state index contributed by atoms with van der Waals surface area (Å²) in [6, 6.07) is 56.7. The summed E-state index contributed by atoms with van der Waals surface area (Å²) in [5.74, 6) is 0. The van der Waals surface area contributed by atoms with Crippen LogP contribution in [0.1, 0.15) is 33.4 Å². The van der Waals surface area contributed by atoms with Crippen LogP contribution in [0, 0.1) is 41.5 Å². The van der Waals surface area contributed by atoms with Crippen molar-refractivity contribution < 1.29 is 0 Å². The van der Waals surface area contributed by atoms with E-state index in [0.717, 1.165) is 0 Å². The first kappa shape index (κ1) is 30.2. The van der Waals surface area contributed by atoms with Crippen molar-refractivity contribution in [1.82, 2.24) is 0 Å². The Hall–Kier alpha value is -3.82. The quantitative estimate of drug-likeness (QED) is 0.160. The van der Waals surface area contributed by atoms with E-state index in [1.165, 1.54) is 65.2 Å². The van der Waals surface area contributed by atoms with Gasteiger partial charge in [0.15, 0.2) is 0 Å². The van der Waals surface area contributed by atoms with E-state index in [0.29, 0.717) is 0 Å². The van der Waals surface area contributed by atoms with E-state index in [9.17, 15) is 0 Å². The molecule has 0 nitrogen and oxygen atoms in total. The van der Waals surface area contributed by atoms with Gasteiger partial charge in [0.25, 0.3) is 0 Å². The number of rotatable bonds is 7. The molecular weight excluding hydrogens is 566 g/mol. The zero-order chi connectivity index (χ0) is 30.9. The summed E-state index contributed by atoms with van der Waals surface area (Å²) in [6.45, 7) is 7.72. The van der Waals surface area contributed by atoms with Crippen LogP contribution in [0.3, 0.4) is 0 Å². The zero-order valence-corrected chi connectivity index (χ0v) is 28.9. The van der Waals surface area contributed by atoms with Crippen molar-refractivity contribution in [3.63, 3.8) is 0 Å². The molecule has 2 heteroatoms. The summed E-state index contributed by atoms with van der Waals surface area (Å²) in [4.78, 5) is 0. The normalized spacial score (nSPS) is 12.6. The molecule has 0 fully saturated rings. The van der Waals surface area contributed by atoms with E-state index in [1.54, 1.807) is 0 Å². The molecule has 0 N–H and O–H groups in total. The van der Waals surface area contributed by atoms with Gasteiger partial charge in [-0.2, -0.15) is 0 Å². The average molecular weight is 611 g/mol. The Kier molecular flexibility index (Phi) is 8.44. The van der Waals surface area contributed by atoms with Gasteiger partial charge in [0.2, 0.25) is 0 Å². The van der Waals surface area contributed by atoms with Crippen molar-refractivity contribution in [3.8, 4) is 0 Å². The number of aryl methyl sites for hydroxylation is 6. The SMILES string of the molecule is Cc1ccc([PH](c2ccc(C)cc2)(c2ccc(C)cc2)[PH](c2ccccc2C)(c2ccccc2C)c2ccccc2C)cc1. The fourth-order valence-electron chi connectivity index (χ4n) is 7.58. The average Bonchev–Trinajstić information content (AvgIpc) is 3.03. The predicted octanol–water partition coefficient (Wildman–Crippen LogP) is 8.20. The summed E-state index contributed by atoms with van der Waals surface area (Å²) >= 11 is 0. The van der Waals surface area contributed by atoms with Crippen molar-refractivity contribution in [3.05, 3.63) is 179 Å². The van der Waals surface area contributed by atoms with Gasteiger partial charge in [-0.1, -0.05) is 0 Å². The molecule has 222 valence electrons. The molecule has 0 unspecified atom stereocenters. The summed E-state index contributed by atoms with van der Waals surface area (Å²) < 4.78 is 0. The molecule has 0 aliphatic carbocycles. The predicted molar refractivity (Wildman–Crippen MR) is 202 cm³/mol. The third-order valence-corrected chi connectivity index (χ3v) is 26.9. The van der Waals surface area contributed by atoms with Gasteiger partial charge in [0.1, 0.15) is 0 Å². The Morgan fingerprint density at radius 1 is 0.273 bits per heavy atom. The van der Waals surface area contributed by atoms with Crippen LogP contribution in [-0.4, -0.2) is 0 Å². The summed E-state index contributed by atoms with van der Waals surface area (Å²) in [5, 5.41) is 8.94. The van der Waals surface area contributed by atoms with E-state index in [-0.39, 0.29) is 0 Å². The molecule has 6 aromatic carbocycles. The second kappa shape index (κ2) is 12.3. The minimum atomic E-state index is -2.97. The van der Waals surface area contributed by atoms with Crippen molar-refractivity contribution >= 4 is 45.7 Å². The van der Waals surface area contributed by atoms with Crippen LogP contribution in [0.4, 0.5) is 0 Å². The Labute approximate surface area is 265 Å². The standard InChI is InChI=1S/C42H44P2/c1-31-19-25-37(26-20-31)43(38-27-21-32(2)22-28-38,39-29-23-33(3)24-30-39)44(40-16-10-7-13-34(40)4,41-17-11-8-14-35(41)5)42-18-12-9-15-36(42)6/h7-30,43-44H,1-6H3. The van der Waals surface area contributed by atoms with Crippen LogP contribution >= 0.6 is 13.9 Å². The molecule has 0 heterocycles. The van der Waals surface area contributed by atoms with Gasteiger partial charge in [-0.25, -0.2) is 0 Å². The van der Waals surface area contributed by atoms with E-state index in [1.807, 2.05) is 0 Å². The molecular formula is C42H44P2. The van der Waals surface area contributed by atoms with Crippen LogP contribution < -0.4 is 31.8 Å². The molecule has 0 bridgehead atoms. The van der Waals surface area contributed by atoms with Crippen molar-refractivity contribution in [2.75, 3.05) is 0 Å². The second-order valence-corrected chi connectivity index (χ2v) is 23.4.